The molecule has 6 nitrogen and oxygen atoms in total. The minimum atomic E-state index is -0.114. The summed E-state index contributed by atoms with van der Waals surface area (Å²) in [7, 11) is 0. The van der Waals surface area contributed by atoms with E-state index in [9.17, 15) is 4.79 Å². The van der Waals surface area contributed by atoms with E-state index in [0.717, 1.165) is 22.4 Å². The second kappa shape index (κ2) is 8.06. The Morgan fingerprint density at radius 2 is 1.79 bits per heavy atom. The zero-order valence-electron chi connectivity index (χ0n) is 16.3. The van der Waals surface area contributed by atoms with E-state index in [0.29, 0.717) is 18.2 Å². The Labute approximate surface area is 169 Å². The molecule has 4 aromatic rings. The third-order valence-corrected chi connectivity index (χ3v) is 4.70. The molecule has 4 rings (SSSR count). The molecular weight excluding hydrogens is 362 g/mol. The molecule has 0 aliphatic heterocycles. The summed E-state index contributed by atoms with van der Waals surface area (Å²) in [4.78, 5) is 22.9. The van der Waals surface area contributed by atoms with Gasteiger partial charge in [-0.15, -0.1) is 0 Å². The van der Waals surface area contributed by atoms with E-state index in [2.05, 4.69) is 39.2 Å². The van der Waals surface area contributed by atoms with Crippen molar-refractivity contribution < 1.29 is 4.79 Å². The highest BCUT2D eigenvalue weighted by atomic mass is 16.2. The van der Waals surface area contributed by atoms with Gasteiger partial charge in [0.15, 0.2) is 0 Å². The van der Waals surface area contributed by atoms with Crippen molar-refractivity contribution in [3.05, 3.63) is 84.2 Å². The molecule has 1 amide bonds. The zero-order chi connectivity index (χ0) is 20.2. The van der Waals surface area contributed by atoms with Crippen molar-refractivity contribution in [2.24, 2.45) is 0 Å². The predicted octanol–water partition coefficient (Wildman–Crippen LogP) is 4.40. The molecule has 0 bridgehead atoms. The Kier molecular flexibility index (Phi) is 5.16. The normalized spacial score (nSPS) is 10.7. The lowest BCUT2D eigenvalue weighted by Crippen LogP contribution is -2.29. The topological polar surface area (TPSA) is 74.8 Å². The van der Waals surface area contributed by atoms with Crippen LogP contribution in [0, 0.1) is 6.92 Å². The fourth-order valence-electron chi connectivity index (χ4n) is 3.14. The first-order valence-corrected chi connectivity index (χ1v) is 9.37. The third kappa shape index (κ3) is 4.06. The smallest absolute Gasteiger partial charge is 0.232 e. The highest BCUT2D eigenvalue weighted by molar-refractivity contribution is 5.90. The van der Waals surface area contributed by atoms with Crippen LogP contribution < -0.4 is 4.90 Å². The monoisotopic (exact) mass is 383 g/mol. The number of carbonyl (C=O) groups excluding carboxylic acids is 1. The van der Waals surface area contributed by atoms with Crippen LogP contribution in [0.1, 0.15) is 18.1 Å². The van der Waals surface area contributed by atoms with Gasteiger partial charge in [0.25, 0.3) is 0 Å². The summed E-state index contributed by atoms with van der Waals surface area (Å²) in [6, 6.07) is 19.8. The van der Waals surface area contributed by atoms with Gasteiger partial charge in [0, 0.05) is 24.2 Å². The molecule has 0 spiro atoms. The molecule has 1 N–H and O–H groups in total. The standard InChI is InChI=1S/C23H21N5O/c1-16-8-10-19(11-9-16)22-20(14-25-27-22)21-12-13-24-23(26-21)28(17(2)29)15-18-6-4-3-5-7-18/h3-14H,15H2,1-2H3,(H,25,27). The number of aromatic amines is 1. The molecule has 0 fully saturated rings. The highest BCUT2D eigenvalue weighted by Gasteiger charge is 2.18. The quantitative estimate of drug-likeness (QED) is 0.554. The molecule has 6 heteroatoms. The van der Waals surface area contributed by atoms with Crippen LogP contribution in [0.5, 0.6) is 0 Å². The molecular formula is C23H21N5O. The SMILES string of the molecule is CC(=O)N(Cc1ccccc1)c1nccc(-c2cn[nH]c2-c2ccc(C)cc2)n1. The Bertz CT molecular complexity index is 1120. The maximum Gasteiger partial charge on any atom is 0.232 e. The molecule has 144 valence electrons. The first-order chi connectivity index (χ1) is 14.1. The van der Waals surface area contributed by atoms with Crippen molar-refractivity contribution in [3.63, 3.8) is 0 Å². The van der Waals surface area contributed by atoms with Gasteiger partial charge in [-0.1, -0.05) is 60.2 Å². The Morgan fingerprint density at radius 1 is 1.03 bits per heavy atom. The van der Waals surface area contributed by atoms with Crippen molar-refractivity contribution in [1.82, 2.24) is 20.2 Å². The van der Waals surface area contributed by atoms with Gasteiger partial charge in [0.1, 0.15) is 0 Å². The number of rotatable bonds is 5. The van der Waals surface area contributed by atoms with Crippen molar-refractivity contribution in [2.75, 3.05) is 4.90 Å². The summed E-state index contributed by atoms with van der Waals surface area (Å²) in [5.41, 5.74) is 5.68. The molecule has 0 aliphatic rings. The van der Waals surface area contributed by atoms with Gasteiger partial charge in [-0.2, -0.15) is 5.10 Å². The molecule has 0 saturated heterocycles. The number of nitrogens with zero attached hydrogens (tertiary/aromatic N) is 4. The van der Waals surface area contributed by atoms with Crippen molar-refractivity contribution in [3.8, 4) is 22.5 Å². The molecule has 29 heavy (non-hydrogen) atoms. The minimum Gasteiger partial charge on any atom is -0.277 e. The number of carbonyl (C=O) groups is 1. The van der Waals surface area contributed by atoms with Gasteiger partial charge in [0.2, 0.25) is 11.9 Å². The number of H-pyrrole nitrogens is 1. The Hall–Kier alpha value is -3.80. The summed E-state index contributed by atoms with van der Waals surface area (Å²) >= 11 is 0. The van der Waals surface area contributed by atoms with E-state index in [1.165, 1.54) is 12.5 Å². The van der Waals surface area contributed by atoms with Crippen molar-refractivity contribution >= 4 is 11.9 Å². The number of aryl methyl sites for hydroxylation is 1. The number of benzene rings is 2. The van der Waals surface area contributed by atoms with Gasteiger partial charge in [-0.3, -0.25) is 14.8 Å². The number of hydrogen-bond acceptors (Lipinski definition) is 4. The number of aromatic nitrogens is 4. The summed E-state index contributed by atoms with van der Waals surface area (Å²) in [5.74, 6) is 0.256. The van der Waals surface area contributed by atoms with Gasteiger partial charge >= 0.3 is 0 Å². The van der Waals surface area contributed by atoms with E-state index < -0.39 is 0 Å². The van der Waals surface area contributed by atoms with Crippen LogP contribution in [0.25, 0.3) is 22.5 Å². The van der Waals surface area contributed by atoms with Gasteiger partial charge in [-0.05, 0) is 18.6 Å². The van der Waals surface area contributed by atoms with E-state index in [-0.39, 0.29) is 5.91 Å². The number of hydrogen-bond donors (Lipinski definition) is 1. The van der Waals surface area contributed by atoms with E-state index in [1.54, 1.807) is 17.3 Å². The Balaban J connectivity index is 1.70. The first-order valence-electron chi connectivity index (χ1n) is 9.37. The number of amides is 1. The van der Waals surface area contributed by atoms with Gasteiger partial charge in [0.05, 0.1) is 24.1 Å². The summed E-state index contributed by atoms with van der Waals surface area (Å²) in [6.07, 6.45) is 3.42. The maximum absolute atomic E-state index is 12.3. The van der Waals surface area contributed by atoms with Gasteiger partial charge < -0.3 is 0 Å². The predicted molar refractivity (Wildman–Crippen MR) is 113 cm³/mol. The second-order valence-electron chi connectivity index (χ2n) is 6.86. The van der Waals surface area contributed by atoms with E-state index >= 15 is 0 Å². The van der Waals surface area contributed by atoms with E-state index in [1.807, 2.05) is 48.5 Å². The van der Waals surface area contributed by atoms with Crippen molar-refractivity contribution in [1.29, 1.82) is 0 Å². The summed E-state index contributed by atoms with van der Waals surface area (Å²) in [6.45, 7) is 3.99. The zero-order valence-corrected chi connectivity index (χ0v) is 16.3. The highest BCUT2D eigenvalue weighted by Crippen LogP contribution is 2.29. The van der Waals surface area contributed by atoms with Crippen LogP contribution in [0.2, 0.25) is 0 Å². The minimum absolute atomic E-state index is 0.114. The van der Waals surface area contributed by atoms with Crippen LogP contribution in [0.3, 0.4) is 0 Å². The molecule has 0 atom stereocenters. The fourth-order valence-corrected chi connectivity index (χ4v) is 3.14. The fraction of sp³-hybridized carbons (Fsp3) is 0.130. The molecule has 0 aliphatic carbocycles. The second-order valence-corrected chi connectivity index (χ2v) is 6.86. The lowest BCUT2D eigenvalue weighted by molar-refractivity contribution is -0.116. The van der Waals surface area contributed by atoms with Crippen LogP contribution in [0.4, 0.5) is 5.95 Å². The Morgan fingerprint density at radius 3 is 2.52 bits per heavy atom. The lowest BCUT2D eigenvalue weighted by atomic mass is 10.0. The van der Waals surface area contributed by atoms with Crippen LogP contribution in [-0.2, 0) is 11.3 Å². The maximum atomic E-state index is 12.3. The third-order valence-electron chi connectivity index (χ3n) is 4.70. The van der Waals surface area contributed by atoms with Gasteiger partial charge in [-0.25, -0.2) is 9.97 Å². The van der Waals surface area contributed by atoms with Crippen LogP contribution in [0.15, 0.2) is 73.1 Å². The van der Waals surface area contributed by atoms with Crippen molar-refractivity contribution in [2.45, 2.75) is 20.4 Å². The summed E-state index contributed by atoms with van der Waals surface area (Å²) in [5, 5.41) is 7.27. The molecule has 2 aromatic carbocycles. The first kappa shape index (κ1) is 18.6. The summed E-state index contributed by atoms with van der Waals surface area (Å²) < 4.78 is 0. The average molecular weight is 383 g/mol. The molecule has 0 saturated carbocycles. The molecule has 0 unspecified atom stereocenters. The van der Waals surface area contributed by atoms with Crippen LogP contribution in [-0.4, -0.2) is 26.1 Å². The molecule has 2 heterocycles. The van der Waals surface area contributed by atoms with Crippen LogP contribution >= 0.6 is 0 Å². The largest absolute Gasteiger partial charge is 0.277 e. The molecule has 2 aromatic heterocycles. The number of nitrogens with one attached hydrogen (secondary N) is 1. The van der Waals surface area contributed by atoms with E-state index in [4.69, 9.17) is 0 Å². The average Bonchev–Trinajstić information content (AvgIpc) is 3.23. The molecule has 0 radical (unpaired) electrons. The lowest BCUT2D eigenvalue weighted by Gasteiger charge is -2.19. The number of anilines is 1.